The van der Waals surface area contributed by atoms with Crippen molar-refractivity contribution in [3.05, 3.63) is 28.8 Å². The molecule has 0 saturated heterocycles. The molecule has 1 aromatic carbocycles. The van der Waals surface area contributed by atoms with Gasteiger partial charge in [0.25, 0.3) is 5.91 Å². The van der Waals surface area contributed by atoms with Crippen molar-refractivity contribution in [1.29, 1.82) is 5.41 Å². The molecule has 0 aromatic heterocycles. The molecule has 2 rings (SSSR count). The Kier molecular flexibility index (Phi) is 5.63. The minimum absolute atomic E-state index is 0.00919. The third-order valence-corrected chi connectivity index (χ3v) is 6.38. The van der Waals surface area contributed by atoms with Gasteiger partial charge in [0.15, 0.2) is 9.84 Å². The summed E-state index contributed by atoms with van der Waals surface area (Å²) < 4.78 is 23.9. The molecular weight excluding hydrogens is 360 g/mol. The highest BCUT2D eigenvalue weighted by Crippen LogP contribution is 2.37. The number of thioether (sulfide) groups is 1. The lowest BCUT2D eigenvalue weighted by atomic mass is 9.98. The fraction of sp³-hybridized carbons (Fsp3) is 0.412. The average molecular weight is 383 g/mol. The molecule has 0 heterocycles. The topological polar surface area (TPSA) is 107 Å². The van der Waals surface area contributed by atoms with Gasteiger partial charge in [0, 0.05) is 29.7 Å². The first-order chi connectivity index (χ1) is 11.6. The summed E-state index contributed by atoms with van der Waals surface area (Å²) in [5.74, 6) is -0.819. The number of carbonyl (C=O) groups is 1. The lowest BCUT2D eigenvalue weighted by molar-refractivity contribution is -0.116. The third-order valence-electron chi connectivity index (χ3n) is 4.17. The lowest BCUT2D eigenvalue weighted by Crippen LogP contribution is -2.27. The van der Waals surface area contributed by atoms with E-state index in [0.717, 1.165) is 19.1 Å². The number of likely N-dealkylation sites (N-methyl/N-ethyl adjacent to an activating group) is 1. The quantitative estimate of drug-likeness (QED) is 0.303. The van der Waals surface area contributed by atoms with Gasteiger partial charge in [-0.05, 0) is 43.7 Å². The van der Waals surface area contributed by atoms with Crippen molar-refractivity contribution in [2.45, 2.75) is 29.6 Å². The van der Waals surface area contributed by atoms with Gasteiger partial charge in [-0.25, -0.2) is 8.42 Å². The second-order valence-corrected chi connectivity index (χ2v) is 8.83. The second kappa shape index (κ2) is 7.21. The number of benzene rings is 1. The van der Waals surface area contributed by atoms with Gasteiger partial charge in [0.2, 0.25) is 0 Å². The van der Waals surface area contributed by atoms with Gasteiger partial charge in [0.05, 0.1) is 10.6 Å². The standard InChI is InChI=1S/C17H22N2O4S2/c1-9-11(7-8-12(16(9)24-3)25(4,22)23)15(20)13(17(21)19-2)14(18)10-5-6-10/h7-8,10,18,20H,5-6H2,1-4H3,(H,19,21). The van der Waals surface area contributed by atoms with E-state index in [1.165, 1.54) is 30.9 Å². The number of sulfone groups is 1. The van der Waals surface area contributed by atoms with E-state index in [1.54, 1.807) is 13.2 Å². The number of hydrogen-bond donors (Lipinski definition) is 3. The summed E-state index contributed by atoms with van der Waals surface area (Å²) in [4.78, 5) is 12.9. The van der Waals surface area contributed by atoms with Crippen molar-refractivity contribution < 1.29 is 18.3 Å². The van der Waals surface area contributed by atoms with Crippen molar-refractivity contribution in [1.82, 2.24) is 5.32 Å². The highest BCUT2D eigenvalue weighted by molar-refractivity contribution is 7.99. The molecule has 1 amide bonds. The van der Waals surface area contributed by atoms with E-state index in [2.05, 4.69) is 5.32 Å². The van der Waals surface area contributed by atoms with E-state index in [9.17, 15) is 18.3 Å². The lowest BCUT2D eigenvalue weighted by Gasteiger charge is -2.16. The maximum Gasteiger partial charge on any atom is 0.256 e. The highest BCUT2D eigenvalue weighted by Gasteiger charge is 2.34. The number of rotatable bonds is 6. The van der Waals surface area contributed by atoms with E-state index in [1.807, 2.05) is 0 Å². The van der Waals surface area contributed by atoms with Gasteiger partial charge in [-0.2, -0.15) is 0 Å². The predicted molar refractivity (Wildman–Crippen MR) is 100 cm³/mol. The molecule has 0 atom stereocenters. The van der Waals surface area contributed by atoms with Crippen LogP contribution in [0.25, 0.3) is 5.76 Å². The molecule has 0 spiro atoms. The van der Waals surface area contributed by atoms with E-state index < -0.39 is 15.7 Å². The van der Waals surface area contributed by atoms with Crippen LogP contribution in [0.4, 0.5) is 0 Å². The smallest absolute Gasteiger partial charge is 0.256 e. The molecular formula is C17H22N2O4S2. The highest BCUT2D eigenvalue weighted by atomic mass is 32.2. The molecule has 0 aliphatic heterocycles. The van der Waals surface area contributed by atoms with E-state index >= 15 is 0 Å². The maximum atomic E-state index is 12.2. The van der Waals surface area contributed by atoms with Gasteiger partial charge in [-0.1, -0.05) is 0 Å². The molecule has 1 aromatic rings. The monoisotopic (exact) mass is 382 g/mol. The second-order valence-electron chi connectivity index (χ2n) is 6.03. The predicted octanol–water partition coefficient (Wildman–Crippen LogP) is 2.57. The van der Waals surface area contributed by atoms with Gasteiger partial charge in [-0.15, -0.1) is 11.8 Å². The zero-order valence-electron chi connectivity index (χ0n) is 14.6. The Bertz CT molecular complexity index is 869. The number of hydrogen-bond acceptors (Lipinski definition) is 6. The van der Waals surface area contributed by atoms with Crippen LogP contribution in [-0.2, 0) is 14.6 Å². The molecule has 1 aliphatic carbocycles. The SMILES string of the molecule is CNC(=O)C(C(=N)C1CC1)=C(O)c1ccc(S(C)(=O)=O)c(SC)c1C. The molecule has 8 heteroatoms. The summed E-state index contributed by atoms with van der Waals surface area (Å²) in [6, 6.07) is 2.92. The van der Waals surface area contributed by atoms with Crippen LogP contribution in [0.3, 0.4) is 0 Å². The molecule has 1 aliphatic rings. The number of carbonyl (C=O) groups excluding carboxylic acids is 1. The molecule has 3 N–H and O–H groups in total. The number of amides is 1. The van der Waals surface area contributed by atoms with Crippen LogP contribution < -0.4 is 5.32 Å². The summed E-state index contributed by atoms with van der Waals surface area (Å²) in [6.45, 7) is 1.70. The maximum absolute atomic E-state index is 12.2. The van der Waals surface area contributed by atoms with Crippen molar-refractivity contribution >= 4 is 39.0 Å². The fourth-order valence-electron chi connectivity index (χ4n) is 2.66. The Morgan fingerprint density at radius 1 is 1.36 bits per heavy atom. The Hall–Kier alpha value is -1.80. The third kappa shape index (κ3) is 3.90. The van der Waals surface area contributed by atoms with Crippen molar-refractivity contribution in [2.75, 3.05) is 19.6 Å². The zero-order chi connectivity index (χ0) is 18.9. The zero-order valence-corrected chi connectivity index (χ0v) is 16.3. The summed E-state index contributed by atoms with van der Waals surface area (Å²) in [5, 5.41) is 21.4. The van der Waals surface area contributed by atoms with Crippen LogP contribution in [0.5, 0.6) is 0 Å². The Morgan fingerprint density at radius 2 is 1.96 bits per heavy atom. The fourth-order valence-corrected chi connectivity index (χ4v) is 4.86. The van der Waals surface area contributed by atoms with Crippen molar-refractivity contribution in [2.24, 2.45) is 5.92 Å². The molecule has 0 bridgehead atoms. The van der Waals surface area contributed by atoms with Gasteiger partial charge < -0.3 is 15.8 Å². The van der Waals surface area contributed by atoms with Gasteiger partial charge in [-0.3, -0.25) is 4.79 Å². The molecule has 1 saturated carbocycles. The summed E-state index contributed by atoms with van der Waals surface area (Å²) in [7, 11) is -1.96. The van der Waals surface area contributed by atoms with Gasteiger partial charge >= 0.3 is 0 Å². The summed E-state index contributed by atoms with van der Waals surface area (Å²) in [5.41, 5.74) is 1.00. The molecule has 6 nitrogen and oxygen atoms in total. The molecule has 1 fully saturated rings. The first-order valence-electron chi connectivity index (χ1n) is 7.75. The average Bonchev–Trinajstić information content (AvgIpc) is 3.38. The van der Waals surface area contributed by atoms with Crippen molar-refractivity contribution in [3.63, 3.8) is 0 Å². The van der Waals surface area contributed by atoms with E-state index in [-0.39, 0.29) is 27.9 Å². The van der Waals surface area contributed by atoms with E-state index in [0.29, 0.717) is 16.0 Å². The molecule has 136 valence electrons. The Labute approximate surface area is 152 Å². The van der Waals surface area contributed by atoms with Crippen LogP contribution in [-0.4, -0.2) is 44.7 Å². The van der Waals surface area contributed by atoms with Crippen LogP contribution in [0.15, 0.2) is 27.5 Å². The van der Waals surface area contributed by atoms with Crippen LogP contribution >= 0.6 is 11.8 Å². The molecule has 25 heavy (non-hydrogen) atoms. The van der Waals surface area contributed by atoms with Crippen molar-refractivity contribution in [3.8, 4) is 0 Å². The summed E-state index contributed by atoms with van der Waals surface area (Å²) in [6.07, 6.45) is 4.55. The van der Waals surface area contributed by atoms with Crippen LogP contribution in [0.2, 0.25) is 0 Å². The first kappa shape index (κ1) is 19.5. The summed E-state index contributed by atoms with van der Waals surface area (Å²) >= 11 is 1.27. The number of nitrogens with one attached hydrogen (secondary N) is 2. The first-order valence-corrected chi connectivity index (χ1v) is 10.9. The van der Waals surface area contributed by atoms with Crippen LogP contribution in [0.1, 0.15) is 24.0 Å². The Morgan fingerprint density at radius 3 is 2.40 bits per heavy atom. The minimum atomic E-state index is -3.41. The van der Waals surface area contributed by atoms with Crippen LogP contribution in [0, 0.1) is 18.3 Å². The molecule has 0 radical (unpaired) electrons. The number of aliphatic hydroxyl groups excluding tert-OH is 1. The normalized spacial score (nSPS) is 15.5. The number of aliphatic hydroxyl groups is 1. The van der Waals surface area contributed by atoms with Gasteiger partial charge in [0.1, 0.15) is 11.3 Å². The molecule has 0 unspecified atom stereocenters. The minimum Gasteiger partial charge on any atom is -0.506 e. The van der Waals surface area contributed by atoms with E-state index in [4.69, 9.17) is 5.41 Å². The largest absolute Gasteiger partial charge is 0.506 e. The Balaban J connectivity index is 2.69.